The number of piperidine rings is 1. The molecule has 2 aliphatic rings. The molecule has 30 heavy (non-hydrogen) atoms. The standard InChI is InChI=1S/C22H33N3O5/c1-2-28-12-3-9-23-22(27)17-7-10-25(11-8-17)16-21(26)24-18-5-6-19-20(15-18)30-14-4-13-29-19/h5-6,15,17H,2-4,7-14,16H2,1H3,(H,23,27)(H,24,26). The van der Waals surface area contributed by atoms with Crippen LogP contribution in [-0.2, 0) is 14.3 Å². The molecule has 0 radical (unpaired) electrons. The van der Waals surface area contributed by atoms with E-state index < -0.39 is 0 Å². The summed E-state index contributed by atoms with van der Waals surface area (Å²) in [6.07, 6.45) is 3.22. The number of hydrogen-bond donors (Lipinski definition) is 2. The maximum Gasteiger partial charge on any atom is 0.238 e. The number of anilines is 1. The zero-order valence-corrected chi connectivity index (χ0v) is 17.8. The number of nitrogens with one attached hydrogen (secondary N) is 2. The topological polar surface area (TPSA) is 89.1 Å². The predicted molar refractivity (Wildman–Crippen MR) is 114 cm³/mol. The van der Waals surface area contributed by atoms with Crippen LogP contribution < -0.4 is 20.1 Å². The predicted octanol–water partition coefficient (Wildman–Crippen LogP) is 2.04. The number of benzene rings is 1. The van der Waals surface area contributed by atoms with E-state index in [4.69, 9.17) is 14.2 Å². The van der Waals surface area contributed by atoms with Crippen molar-refractivity contribution in [2.24, 2.45) is 5.92 Å². The molecule has 0 spiro atoms. The summed E-state index contributed by atoms with van der Waals surface area (Å²) in [5, 5.41) is 5.92. The molecule has 3 rings (SSSR count). The highest BCUT2D eigenvalue weighted by Gasteiger charge is 2.25. The van der Waals surface area contributed by atoms with E-state index in [2.05, 4.69) is 15.5 Å². The Bertz CT molecular complexity index is 704. The Morgan fingerprint density at radius 2 is 1.93 bits per heavy atom. The quantitative estimate of drug-likeness (QED) is 0.596. The smallest absolute Gasteiger partial charge is 0.238 e. The van der Waals surface area contributed by atoms with Crippen molar-refractivity contribution < 1.29 is 23.8 Å². The first-order valence-corrected chi connectivity index (χ1v) is 10.9. The molecule has 1 fully saturated rings. The molecule has 1 aromatic rings. The Morgan fingerprint density at radius 1 is 1.17 bits per heavy atom. The van der Waals surface area contributed by atoms with Crippen LogP contribution in [-0.4, -0.2) is 69.3 Å². The molecule has 8 heteroatoms. The summed E-state index contributed by atoms with van der Waals surface area (Å²) >= 11 is 0. The second-order valence-corrected chi connectivity index (χ2v) is 7.65. The van der Waals surface area contributed by atoms with Crippen LogP contribution in [0.25, 0.3) is 0 Å². The van der Waals surface area contributed by atoms with Crippen molar-refractivity contribution in [3.63, 3.8) is 0 Å². The first-order chi connectivity index (χ1) is 14.7. The largest absolute Gasteiger partial charge is 0.490 e. The number of fused-ring (bicyclic) bond motifs is 1. The monoisotopic (exact) mass is 419 g/mol. The van der Waals surface area contributed by atoms with E-state index in [-0.39, 0.29) is 17.7 Å². The Kier molecular flexibility index (Phi) is 8.77. The lowest BCUT2D eigenvalue weighted by Crippen LogP contribution is -2.43. The summed E-state index contributed by atoms with van der Waals surface area (Å²) in [4.78, 5) is 26.8. The van der Waals surface area contributed by atoms with Crippen molar-refractivity contribution in [3.8, 4) is 11.5 Å². The zero-order chi connectivity index (χ0) is 21.2. The molecule has 2 heterocycles. The van der Waals surface area contributed by atoms with Crippen molar-refractivity contribution in [2.45, 2.75) is 32.6 Å². The van der Waals surface area contributed by atoms with Crippen LogP contribution in [0.5, 0.6) is 11.5 Å². The van der Waals surface area contributed by atoms with E-state index in [1.165, 1.54) is 0 Å². The Morgan fingerprint density at radius 3 is 2.70 bits per heavy atom. The van der Waals surface area contributed by atoms with E-state index in [1.807, 2.05) is 19.1 Å². The van der Waals surface area contributed by atoms with Crippen molar-refractivity contribution in [1.29, 1.82) is 0 Å². The Hall–Kier alpha value is -2.32. The van der Waals surface area contributed by atoms with Gasteiger partial charge in [0.25, 0.3) is 0 Å². The number of likely N-dealkylation sites (tertiary alicyclic amines) is 1. The summed E-state index contributed by atoms with van der Waals surface area (Å²) in [6, 6.07) is 5.46. The van der Waals surface area contributed by atoms with Gasteiger partial charge in [-0.05, 0) is 51.4 Å². The minimum atomic E-state index is -0.0664. The molecule has 2 N–H and O–H groups in total. The highest BCUT2D eigenvalue weighted by molar-refractivity contribution is 5.92. The molecular formula is C22H33N3O5. The van der Waals surface area contributed by atoms with Gasteiger partial charge in [-0.25, -0.2) is 0 Å². The van der Waals surface area contributed by atoms with Crippen molar-refractivity contribution in [1.82, 2.24) is 10.2 Å². The summed E-state index contributed by atoms with van der Waals surface area (Å²) < 4.78 is 16.6. The molecule has 0 unspecified atom stereocenters. The lowest BCUT2D eigenvalue weighted by molar-refractivity contribution is -0.126. The van der Waals surface area contributed by atoms with Gasteiger partial charge >= 0.3 is 0 Å². The normalized spacial score (nSPS) is 17.2. The third-order valence-electron chi connectivity index (χ3n) is 5.33. The molecule has 2 aliphatic heterocycles. The average Bonchev–Trinajstić information content (AvgIpc) is 2.99. The molecule has 1 saturated heterocycles. The van der Waals surface area contributed by atoms with Gasteiger partial charge in [-0.15, -0.1) is 0 Å². The molecule has 2 amide bonds. The summed E-state index contributed by atoms with van der Waals surface area (Å²) in [6.45, 7) is 7.04. The second-order valence-electron chi connectivity index (χ2n) is 7.65. The fourth-order valence-corrected chi connectivity index (χ4v) is 3.67. The SMILES string of the molecule is CCOCCCNC(=O)C1CCN(CC(=O)Nc2ccc3c(c2)OCCCO3)CC1. The van der Waals surface area contributed by atoms with Gasteiger partial charge in [-0.2, -0.15) is 0 Å². The lowest BCUT2D eigenvalue weighted by Gasteiger charge is -2.30. The number of amides is 2. The van der Waals surface area contributed by atoms with Gasteiger partial charge in [0.05, 0.1) is 19.8 Å². The summed E-state index contributed by atoms with van der Waals surface area (Å²) in [7, 11) is 0. The number of ether oxygens (including phenoxy) is 3. The van der Waals surface area contributed by atoms with Crippen LogP contribution in [0.1, 0.15) is 32.6 Å². The van der Waals surface area contributed by atoms with Gasteiger partial charge in [0.2, 0.25) is 11.8 Å². The number of hydrogen-bond acceptors (Lipinski definition) is 6. The van der Waals surface area contributed by atoms with Gasteiger partial charge in [-0.1, -0.05) is 0 Å². The van der Waals surface area contributed by atoms with Crippen LogP contribution >= 0.6 is 0 Å². The van der Waals surface area contributed by atoms with Gasteiger partial charge in [0.15, 0.2) is 11.5 Å². The van der Waals surface area contributed by atoms with E-state index >= 15 is 0 Å². The number of carbonyl (C=O) groups is 2. The highest BCUT2D eigenvalue weighted by atomic mass is 16.5. The van der Waals surface area contributed by atoms with Gasteiger partial charge < -0.3 is 24.8 Å². The Labute approximate surface area is 178 Å². The molecule has 0 atom stereocenters. The van der Waals surface area contributed by atoms with Crippen LogP contribution in [0.4, 0.5) is 5.69 Å². The van der Waals surface area contributed by atoms with Crippen LogP contribution in [0.2, 0.25) is 0 Å². The first-order valence-electron chi connectivity index (χ1n) is 10.9. The summed E-state index contributed by atoms with van der Waals surface area (Å²) in [5.41, 5.74) is 0.700. The second kappa shape index (κ2) is 11.8. The molecule has 0 aromatic heterocycles. The van der Waals surface area contributed by atoms with Crippen molar-refractivity contribution >= 4 is 17.5 Å². The molecular weight excluding hydrogens is 386 g/mol. The molecule has 166 valence electrons. The minimum absolute atomic E-state index is 0.0261. The fraction of sp³-hybridized carbons (Fsp3) is 0.636. The lowest BCUT2D eigenvalue weighted by atomic mass is 9.96. The Balaban J connectivity index is 1.37. The molecule has 1 aromatic carbocycles. The molecule has 0 aliphatic carbocycles. The van der Waals surface area contributed by atoms with E-state index in [0.717, 1.165) is 38.8 Å². The van der Waals surface area contributed by atoms with Crippen LogP contribution in [0.3, 0.4) is 0 Å². The average molecular weight is 420 g/mol. The first kappa shape index (κ1) is 22.4. The maximum absolute atomic E-state index is 12.4. The van der Waals surface area contributed by atoms with Gasteiger partial charge in [0, 0.05) is 43.9 Å². The summed E-state index contributed by atoms with van der Waals surface area (Å²) in [5.74, 6) is 1.45. The van der Waals surface area contributed by atoms with Gasteiger partial charge in [0.1, 0.15) is 0 Å². The molecule has 0 saturated carbocycles. The minimum Gasteiger partial charge on any atom is -0.490 e. The van der Waals surface area contributed by atoms with Crippen LogP contribution in [0, 0.1) is 5.92 Å². The number of rotatable bonds is 9. The third-order valence-corrected chi connectivity index (χ3v) is 5.33. The van der Waals surface area contributed by atoms with E-state index in [0.29, 0.717) is 56.7 Å². The highest BCUT2D eigenvalue weighted by Crippen LogP contribution is 2.32. The van der Waals surface area contributed by atoms with Crippen molar-refractivity contribution in [3.05, 3.63) is 18.2 Å². The maximum atomic E-state index is 12.4. The van der Waals surface area contributed by atoms with Gasteiger partial charge in [-0.3, -0.25) is 14.5 Å². The molecule has 8 nitrogen and oxygen atoms in total. The van der Waals surface area contributed by atoms with E-state index in [1.54, 1.807) is 6.07 Å². The number of carbonyl (C=O) groups excluding carboxylic acids is 2. The zero-order valence-electron chi connectivity index (χ0n) is 17.8. The third kappa shape index (κ3) is 6.88. The fourth-order valence-electron chi connectivity index (χ4n) is 3.67. The van der Waals surface area contributed by atoms with Crippen LogP contribution in [0.15, 0.2) is 18.2 Å². The van der Waals surface area contributed by atoms with Crippen molar-refractivity contribution in [2.75, 3.05) is 57.9 Å². The number of nitrogens with zero attached hydrogens (tertiary/aromatic N) is 1. The molecule has 0 bridgehead atoms. The van der Waals surface area contributed by atoms with E-state index in [9.17, 15) is 9.59 Å².